The Morgan fingerprint density at radius 1 is 1.34 bits per heavy atom. The molecular weight excluding hydrogens is 386 g/mol. The van der Waals surface area contributed by atoms with Crippen LogP contribution in [0.5, 0.6) is 0 Å². The Hall–Kier alpha value is -1.96. The summed E-state index contributed by atoms with van der Waals surface area (Å²) in [4.78, 5) is 20.7. The minimum Gasteiger partial charge on any atom is -0.462 e. The lowest BCUT2D eigenvalue weighted by Gasteiger charge is -2.22. The Bertz CT molecular complexity index is 874. The van der Waals surface area contributed by atoms with E-state index in [9.17, 15) is 9.90 Å². The molecular formula is C22H29N3O3S. The third-order valence-electron chi connectivity index (χ3n) is 5.74. The zero-order valence-electron chi connectivity index (χ0n) is 17.1. The topological polar surface area (TPSA) is 74.7 Å². The molecule has 0 spiro atoms. The predicted molar refractivity (Wildman–Crippen MR) is 116 cm³/mol. The van der Waals surface area contributed by atoms with Crippen molar-refractivity contribution >= 4 is 23.0 Å². The lowest BCUT2D eigenvalue weighted by molar-refractivity contribution is 0.0422. The van der Waals surface area contributed by atoms with E-state index in [1.165, 1.54) is 11.3 Å². The highest BCUT2D eigenvalue weighted by molar-refractivity contribution is 7.15. The summed E-state index contributed by atoms with van der Waals surface area (Å²) < 4.78 is 5.72. The largest absolute Gasteiger partial charge is 0.462 e. The summed E-state index contributed by atoms with van der Waals surface area (Å²) in [7, 11) is 3.91. The Morgan fingerprint density at radius 2 is 2.21 bits per heavy atom. The molecule has 1 fully saturated rings. The Kier molecular flexibility index (Phi) is 6.18. The normalized spacial score (nSPS) is 21.5. The van der Waals surface area contributed by atoms with Crippen molar-refractivity contribution in [2.24, 2.45) is 5.92 Å². The third kappa shape index (κ3) is 4.47. The van der Waals surface area contributed by atoms with Crippen LogP contribution in [0, 0.1) is 5.92 Å². The fraction of sp³-hybridized carbons (Fsp3) is 0.545. The first-order valence-electron chi connectivity index (χ1n) is 10.4. The number of benzene rings is 1. The van der Waals surface area contributed by atoms with Gasteiger partial charge in [0.2, 0.25) is 0 Å². The van der Waals surface area contributed by atoms with Gasteiger partial charge in [0.15, 0.2) is 0 Å². The predicted octanol–water partition coefficient (Wildman–Crippen LogP) is 3.40. The number of ether oxygens (including phenoxy) is 1. The van der Waals surface area contributed by atoms with Crippen LogP contribution in [0.1, 0.15) is 52.7 Å². The van der Waals surface area contributed by atoms with Gasteiger partial charge in [-0.3, -0.25) is 0 Å². The van der Waals surface area contributed by atoms with Gasteiger partial charge in [-0.25, -0.2) is 9.78 Å². The molecule has 1 aromatic heterocycles. The van der Waals surface area contributed by atoms with Crippen LogP contribution in [0.4, 0.5) is 5.69 Å². The number of carbonyl (C=O) groups excluding carboxylic acids is 1. The fourth-order valence-corrected chi connectivity index (χ4v) is 5.19. The summed E-state index contributed by atoms with van der Waals surface area (Å²) in [6.07, 6.45) is 4.37. The van der Waals surface area contributed by atoms with E-state index in [0.29, 0.717) is 18.1 Å². The summed E-state index contributed by atoms with van der Waals surface area (Å²) in [6.45, 7) is 2.37. The molecule has 2 unspecified atom stereocenters. The van der Waals surface area contributed by atoms with Crippen molar-refractivity contribution in [3.63, 3.8) is 0 Å². The number of piperidine rings is 1. The average Bonchev–Trinajstić information content (AvgIpc) is 3.18. The number of hydrogen-bond donors (Lipinski definition) is 2. The molecule has 2 aliphatic rings. The quantitative estimate of drug-likeness (QED) is 0.729. The number of aromatic nitrogens is 1. The summed E-state index contributed by atoms with van der Waals surface area (Å²) >= 11 is 1.50. The van der Waals surface area contributed by atoms with Crippen LogP contribution in [-0.2, 0) is 11.2 Å². The van der Waals surface area contributed by atoms with Gasteiger partial charge in [-0.2, -0.15) is 0 Å². The van der Waals surface area contributed by atoms with Crippen LogP contribution >= 0.6 is 11.3 Å². The van der Waals surface area contributed by atoms with Gasteiger partial charge < -0.3 is 20.1 Å². The summed E-state index contributed by atoms with van der Waals surface area (Å²) in [5.74, 6) is 0.0681. The molecule has 2 aromatic rings. The molecule has 2 N–H and O–H groups in total. The number of aliphatic hydroxyl groups is 1. The molecule has 0 radical (unpaired) electrons. The van der Waals surface area contributed by atoms with Gasteiger partial charge in [-0.1, -0.05) is 0 Å². The molecule has 0 amide bonds. The summed E-state index contributed by atoms with van der Waals surface area (Å²) in [5, 5.41) is 14.5. The molecule has 1 aliphatic carbocycles. The molecule has 1 aliphatic heterocycles. The monoisotopic (exact) mass is 415 g/mol. The van der Waals surface area contributed by atoms with Gasteiger partial charge in [0.05, 0.1) is 28.8 Å². The Labute approximate surface area is 175 Å². The number of thiazole rings is 1. The van der Waals surface area contributed by atoms with E-state index in [1.54, 1.807) is 0 Å². The second-order valence-corrected chi connectivity index (χ2v) is 9.20. The molecule has 1 saturated heterocycles. The van der Waals surface area contributed by atoms with E-state index in [0.717, 1.165) is 72.0 Å². The van der Waals surface area contributed by atoms with E-state index >= 15 is 0 Å². The second kappa shape index (κ2) is 8.81. The first-order valence-corrected chi connectivity index (χ1v) is 11.2. The number of carbonyl (C=O) groups is 1. The van der Waals surface area contributed by atoms with E-state index in [2.05, 4.69) is 5.32 Å². The molecule has 0 bridgehead atoms. The SMILES string of the molecule is CN(C)c1ccc(-c2nc3c(s2)C(O)CCC3)c(C(=O)OCC2CCCNC2)c1. The summed E-state index contributed by atoms with van der Waals surface area (Å²) in [5.41, 5.74) is 3.24. The van der Waals surface area contributed by atoms with Crippen molar-refractivity contribution < 1.29 is 14.6 Å². The molecule has 29 heavy (non-hydrogen) atoms. The van der Waals surface area contributed by atoms with Crippen LogP contribution < -0.4 is 10.2 Å². The Balaban J connectivity index is 1.62. The molecule has 4 rings (SSSR count). The third-order valence-corrected chi connectivity index (χ3v) is 6.97. The van der Waals surface area contributed by atoms with Gasteiger partial charge in [-0.05, 0) is 56.8 Å². The lowest BCUT2D eigenvalue weighted by atomic mass is 10.0. The molecule has 1 aromatic carbocycles. The minimum atomic E-state index is -0.444. The van der Waals surface area contributed by atoms with E-state index < -0.39 is 6.10 Å². The number of anilines is 1. The number of rotatable bonds is 5. The number of nitrogens with zero attached hydrogens (tertiary/aromatic N) is 2. The molecule has 7 heteroatoms. The highest BCUT2D eigenvalue weighted by Gasteiger charge is 2.26. The highest BCUT2D eigenvalue weighted by Crippen LogP contribution is 2.39. The van der Waals surface area contributed by atoms with Gasteiger partial charge in [-0.15, -0.1) is 11.3 Å². The number of aryl methyl sites for hydroxylation is 1. The number of aliphatic hydroxyl groups excluding tert-OH is 1. The van der Waals surface area contributed by atoms with Gasteiger partial charge in [0.25, 0.3) is 0 Å². The molecule has 2 atom stereocenters. The van der Waals surface area contributed by atoms with E-state index in [-0.39, 0.29) is 5.97 Å². The minimum absolute atomic E-state index is 0.303. The van der Waals surface area contributed by atoms with Gasteiger partial charge in [0.1, 0.15) is 5.01 Å². The first-order chi connectivity index (χ1) is 14.0. The van der Waals surface area contributed by atoms with Crippen LogP contribution in [0.2, 0.25) is 0 Å². The van der Waals surface area contributed by atoms with E-state index in [4.69, 9.17) is 9.72 Å². The molecule has 0 saturated carbocycles. The zero-order valence-corrected chi connectivity index (χ0v) is 17.9. The maximum atomic E-state index is 13.0. The fourth-order valence-electron chi connectivity index (χ4n) is 4.02. The van der Waals surface area contributed by atoms with Crippen molar-refractivity contribution in [2.45, 2.75) is 38.2 Å². The molecule has 156 valence electrons. The number of hydrogen-bond acceptors (Lipinski definition) is 7. The van der Waals surface area contributed by atoms with Gasteiger partial charge >= 0.3 is 5.97 Å². The molecule has 6 nitrogen and oxygen atoms in total. The van der Waals surface area contributed by atoms with Crippen molar-refractivity contribution in [1.29, 1.82) is 0 Å². The maximum Gasteiger partial charge on any atom is 0.338 e. The number of fused-ring (bicyclic) bond motifs is 1. The Morgan fingerprint density at radius 3 is 2.93 bits per heavy atom. The maximum absolute atomic E-state index is 13.0. The lowest BCUT2D eigenvalue weighted by Crippen LogP contribution is -2.32. The van der Waals surface area contributed by atoms with Crippen LogP contribution in [0.25, 0.3) is 10.6 Å². The average molecular weight is 416 g/mol. The van der Waals surface area contributed by atoms with Crippen molar-refractivity contribution in [3.8, 4) is 10.6 Å². The summed E-state index contributed by atoms with van der Waals surface area (Å²) in [6, 6.07) is 5.83. The highest BCUT2D eigenvalue weighted by atomic mass is 32.1. The van der Waals surface area contributed by atoms with Crippen LogP contribution in [-0.4, -0.2) is 49.9 Å². The van der Waals surface area contributed by atoms with Crippen LogP contribution in [0.3, 0.4) is 0 Å². The van der Waals surface area contributed by atoms with Crippen LogP contribution in [0.15, 0.2) is 18.2 Å². The molecule has 2 heterocycles. The standard InChI is InChI=1S/C22H29N3O3S/c1-25(2)15-8-9-16(21-24-18-6-3-7-19(26)20(18)29-21)17(11-15)22(27)28-13-14-5-4-10-23-12-14/h8-9,11,14,19,23,26H,3-7,10,12-13H2,1-2H3. The first kappa shape index (κ1) is 20.3. The smallest absolute Gasteiger partial charge is 0.338 e. The van der Waals surface area contributed by atoms with Crippen molar-refractivity contribution in [2.75, 3.05) is 38.7 Å². The number of nitrogens with one attached hydrogen (secondary N) is 1. The number of esters is 1. The van der Waals surface area contributed by atoms with Gasteiger partial charge in [0, 0.05) is 37.8 Å². The van der Waals surface area contributed by atoms with Crippen molar-refractivity contribution in [3.05, 3.63) is 34.3 Å². The van der Waals surface area contributed by atoms with E-state index in [1.807, 2.05) is 37.2 Å². The second-order valence-electron chi connectivity index (χ2n) is 8.17. The zero-order chi connectivity index (χ0) is 20.4. The van der Waals surface area contributed by atoms with Crippen molar-refractivity contribution in [1.82, 2.24) is 10.3 Å².